The number of anilines is 2. The van der Waals surface area contributed by atoms with Gasteiger partial charge in [0.15, 0.2) is 5.58 Å². The van der Waals surface area contributed by atoms with Gasteiger partial charge in [-0.3, -0.25) is 14.3 Å². The van der Waals surface area contributed by atoms with Gasteiger partial charge in [0, 0.05) is 34.9 Å². The molecule has 1 aliphatic carbocycles. The molecule has 224 valence electrons. The quantitative estimate of drug-likeness (QED) is 0.193. The lowest BCUT2D eigenvalue weighted by molar-refractivity contribution is 0.112. The van der Waals surface area contributed by atoms with Gasteiger partial charge in [-0.05, 0) is 81.5 Å². The number of nitrogens with one attached hydrogen (secondary N) is 1. The fourth-order valence-electron chi connectivity index (χ4n) is 5.88. The summed E-state index contributed by atoms with van der Waals surface area (Å²) in [5, 5.41) is 14.1. The molecule has 1 amide bonds. The Labute approximate surface area is 251 Å². The largest absolute Gasteiger partial charge is 0.465 e. The molecule has 1 fully saturated rings. The highest BCUT2D eigenvalue weighted by atomic mass is 16.4. The number of aldehydes is 1. The van der Waals surface area contributed by atoms with Crippen LogP contribution in [-0.4, -0.2) is 33.6 Å². The first-order chi connectivity index (χ1) is 20.6. The zero-order chi connectivity index (χ0) is 30.6. The lowest BCUT2D eigenvalue weighted by Gasteiger charge is -2.34. The van der Waals surface area contributed by atoms with Crippen molar-refractivity contribution in [3.05, 3.63) is 88.4 Å². The zero-order valence-electron chi connectivity index (χ0n) is 25.0. The number of hydrogen-bond acceptors (Lipinski definition) is 5. The molecule has 1 heterocycles. The van der Waals surface area contributed by atoms with E-state index in [0.717, 1.165) is 60.8 Å². The van der Waals surface area contributed by atoms with Crippen molar-refractivity contribution in [1.82, 2.24) is 4.57 Å². The van der Waals surface area contributed by atoms with Crippen molar-refractivity contribution in [3.63, 3.8) is 0 Å². The Morgan fingerprint density at radius 1 is 1.07 bits per heavy atom. The molecule has 1 aromatic heterocycles. The monoisotopic (exact) mass is 581 g/mol. The van der Waals surface area contributed by atoms with E-state index >= 15 is 0 Å². The number of hydrogen-bond donors (Lipinski definition) is 2. The van der Waals surface area contributed by atoms with Crippen molar-refractivity contribution in [2.45, 2.75) is 77.4 Å². The van der Waals surface area contributed by atoms with E-state index in [-0.39, 0.29) is 11.6 Å². The molecule has 4 aromatic rings. The molecule has 5 rings (SSSR count). The van der Waals surface area contributed by atoms with Gasteiger partial charge in [0.2, 0.25) is 0 Å². The Morgan fingerprint density at radius 2 is 1.81 bits per heavy atom. The van der Waals surface area contributed by atoms with Crippen LogP contribution in [0.2, 0.25) is 0 Å². The Bertz CT molecular complexity index is 1690. The van der Waals surface area contributed by atoms with Crippen molar-refractivity contribution >= 4 is 40.9 Å². The second kappa shape index (κ2) is 12.7. The van der Waals surface area contributed by atoms with Crippen LogP contribution < -0.4 is 16.0 Å². The number of carbonyl (C=O) groups excluding carboxylic acids is 1. The minimum atomic E-state index is -0.938. The average molecular weight is 582 g/mol. The van der Waals surface area contributed by atoms with Crippen LogP contribution in [0.1, 0.15) is 75.2 Å². The van der Waals surface area contributed by atoms with Crippen LogP contribution in [-0.2, 0) is 6.54 Å². The van der Waals surface area contributed by atoms with Crippen molar-refractivity contribution in [3.8, 4) is 11.1 Å². The molecule has 0 atom stereocenters. The maximum Gasteiger partial charge on any atom is 0.419 e. The minimum absolute atomic E-state index is 0.0664. The molecule has 0 spiro atoms. The number of rotatable bonds is 9. The van der Waals surface area contributed by atoms with Crippen LogP contribution in [0.3, 0.4) is 0 Å². The molecule has 0 saturated heterocycles. The lowest BCUT2D eigenvalue weighted by Crippen LogP contribution is -2.41. The van der Waals surface area contributed by atoms with E-state index in [2.05, 4.69) is 32.2 Å². The fraction of sp³-hybridized carbons (Fsp3) is 0.343. The van der Waals surface area contributed by atoms with Gasteiger partial charge in [0.1, 0.15) is 6.29 Å². The number of carboxylic acid groups (broad SMARTS) is 1. The second-order valence-corrected chi connectivity index (χ2v) is 12.2. The Kier molecular flexibility index (Phi) is 8.85. The summed E-state index contributed by atoms with van der Waals surface area (Å²) in [7, 11) is 0. The van der Waals surface area contributed by atoms with Gasteiger partial charge in [-0.2, -0.15) is 0 Å². The number of amides is 1. The topological polar surface area (TPSA) is 105 Å². The molecule has 43 heavy (non-hydrogen) atoms. The maximum absolute atomic E-state index is 12.8. The molecule has 0 unspecified atom stereocenters. The van der Waals surface area contributed by atoms with Gasteiger partial charge in [-0.25, -0.2) is 9.59 Å². The Balaban J connectivity index is 1.53. The van der Waals surface area contributed by atoms with Gasteiger partial charge in [-0.1, -0.05) is 61.7 Å². The number of allylic oxidation sites excluding steroid dienone is 1. The summed E-state index contributed by atoms with van der Waals surface area (Å²) in [5.41, 5.74) is 5.47. The molecule has 0 aliphatic heterocycles. The highest BCUT2D eigenvalue weighted by Gasteiger charge is 2.30. The summed E-state index contributed by atoms with van der Waals surface area (Å²) in [4.78, 5) is 38.0. The molecule has 8 nitrogen and oxygen atoms in total. The minimum Gasteiger partial charge on any atom is -0.465 e. The molecule has 3 aromatic carbocycles. The third-order valence-corrected chi connectivity index (χ3v) is 7.81. The van der Waals surface area contributed by atoms with E-state index < -0.39 is 11.8 Å². The van der Waals surface area contributed by atoms with E-state index in [9.17, 15) is 19.5 Å². The molecular weight excluding hydrogens is 542 g/mol. The Hall–Kier alpha value is -4.59. The normalized spacial score (nSPS) is 14.3. The molecule has 2 N–H and O–H groups in total. The summed E-state index contributed by atoms with van der Waals surface area (Å²) in [6, 6.07) is 18.8. The Morgan fingerprint density at radius 3 is 2.49 bits per heavy atom. The summed E-state index contributed by atoms with van der Waals surface area (Å²) in [6.45, 7) is 6.64. The first kappa shape index (κ1) is 29.9. The zero-order valence-corrected chi connectivity index (χ0v) is 25.0. The van der Waals surface area contributed by atoms with E-state index in [1.165, 1.54) is 0 Å². The third-order valence-electron chi connectivity index (χ3n) is 7.81. The highest BCUT2D eigenvalue weighted by Crippen LogP contribution is 2.40. The number of nitrogens with zero attached hydrogens (tertiary/aromatic N) is 2. The fourth-order valence-corrected chi connectivity index (χ4v) is 5.88. The first-order valence-electron chi connectivity index (χ1n) is 14.9. The first-order valence-corrected chi connectivity index (χ1v) is 14.9. The SMILES string of the molecule is CC(C)(C)Nc1cc(N(C(=O)O)C2CCCCC2)c(-c2ccccc2)cc1/C=C/CCn1c(=O)oc2cc(C=O)ccc21. The van der Waals surface area contributed by atoms with Crippen LogP contribution in [0, 0.1) is 0 Å². The number of carbonyl (C=O) groups is 2. The predicted molar refractivity (Wildman–Crippen MR) is 172 cm³/mol. The van der Waals surface area contributed by atoms with Gasteiger partial charge < -0.3 is 14.8 Å². The number of aromatic nitrogens is 1. The molecule has 8 heteroatoms. The van der Waals surface area contributed by atoms with Crippen molar-refractivity contribution in [2.75, 3.05) is 10.2 Å². The number of fused-ring (bicyclic) bond motifs is 1. The van der Waals surface area contributed by atoms with Crippen molar-refractivity contribution in [1.29, 1.82) is 0 Å². The number of aryl methyl sites for hydroxylation is 1. The van der Waals surface area contributed by atoms with E-state index in [4.69, 9.17) is 4.42 Å². The molecular formula is C35H39N3O5. The number of benzene rings is 3. The summed E-state index contributed by atoms with van der Waals surface area (Å²) < 4.78 is 6.93. The third kappa shape index (κ3) is 6.91. The number of oxazole rings is 1. The summed E-state index contributed by atoms with van der Waals surface area (Å²) in [5.74, 6) is -0.464. The van der Waals surface area contributed by atoms with Crippen LogP contribution in [0.5, 0.6) is 0 Å². The molecule has 0 bridgehead atoms. The maximum atomic E-state index is 12.8. The highest BCUT2D eigenvalue weighted by molar-refractivity contribution is 5.96. The van der Waals surface area contributed by atoms with Crippen molar-refractivity contribution in [2.24, 2.45) is 0 Å². The van der Waals surface area contributed by atoms with Crippen LogP contribution in [0.25, 0.3) is 28.3 Å². The summed E-state index contributed by atoms with van der Waals surface area (Å²) in [6.07, 6.45) is 9.27. The standard InChI is InChI=1S/C35H39N3O5/c1-35(2,3)36-29-22-31(38(33(40)41)27-15-8-5-9-16-27)28(25-12-6-4-7-13-25)21-26(29)14-10-11-19-37-30-18-17-24(23-39)20-32(30)43-34(37)42/h4,6-7,10,12-14,17-18,20-23,27,36H,5,8-9,11,15-16,19H2,1-3H3,(H,40,41)/b14-10+. The van der Waals surface area contributed by atoms with Gasteiger partial charge in [0.25, 0.3) is 0 Å². The van der Waals surface area contributed by atoms with E-state index in [1.807, 2.05) is 48.6 Å². The molecule has 1 aliphatic rings. The van der Waals surface area contributed by atoms with Gasteiger partial charge >= 0.3 is 11.8 Å². The second-order valence-electron chi connectivity index (χ2n) is 12.2. The van der Waals surface area contributed by atoms with Crippen LogP contribution in [0.15, 0.2) is 76.0 Å². The lowest BCUT2D eigenvalue weighted by atomic mass is 9.92. The van der Waals surface area contributed by atoms with Crippen molar-refractivity contribution < 1.29 is 19.1 Å². The van der Waals surface area contributed by atoms with E-state index in [1.54, 1.807) is 27.7 Å². The smallest absolute Gasteiger partial charge is 0.419 e. The van der Waals surface area contributed by atoms with Crippen LogP contribution in [0.4, 0.5) is 16.2 Å². The average Bonchev–Trinajstić information content (AvgIpc) is 3.30. The molecule has 1 saturated carbocycles. The molecule has 0 radical (unpaired) electrons. The predicted octanol–water partition coefficient (Wildman–Crippen LogP) is 8.21. The van der Waals surface area contributed by atoms with Gasteiger partial charge in [0.05, 0.1) is 11.2 Å². The summed E-state index contributed by atoms with van der Waals surface area (Å²) >= 11 is 0. The van der Waals surface area contributed by atoms with Gasteiger partial charge in [-0.15, -0.1) is 0 Å². The van der Waals surface area contributed by atoms with Crippen LogP contribution >= 0.6 is 0 Å². The van der Waals surface area contributed by atoms with E-state index in [0.29, 0.717) is 35.3 Å².